The van der Waals surface area contributed by atoms with Crippen LogP contribution in [0.1, 0.15) is 6.92 Å². The summed E-state index contributed by atoms with van der Waals surface area (Å²) < 4.78 is 0. The van der Waals surface area contributed by atoms with Crippen molar-refractivity contribution in [2.75, 3.05) is 26.7 Å². The summed E-state index contributed by atoms with van der Waals surface area (Å²) in [6, 6.07) is 0. The molecule has 0 aliphatic carbocycles. The van der Waals surface area contributed by atoms with Crippen LogP contribution in [0, 0.1) is 0 Å². The maximum atomic E-state index is 11.0. The lowest BCUT2D eigenvalue weighted by Crippen LogP contribution is -2.44. The minimum Gasteiger partial charge on any atom is -0.314 e. The third-order valence-electron chi connectivity index (χ3n) is 1.92. The molecular weight excluding hydrogens is 140 g/mol. The molecule has 3 heteroatoms. The van der Waals surface area contributed by atoms with Crippen LogP contribution in [0.3, 0.4) is 0 Å². The zero-order chi connectivity index (χ0) is 8.43. The summed E-state index contributed by atoms with van der Waals surface area (Å²) in [5, 5.41) is 0. The Bertz CT molecular complexity index is 189. The van der Waals surface area contributed by atoms with Gasteiger partial charge in [0.1, 0.15) is 0 Å². The van der Waals surface area contributed by atoms with E-state index < -0.39 is 0 Å². The zero-order valence-electron chi connectivity index (χ0n) is 7.13. The Kier molecular flexibility index (Phi) is 2.29. The Balaban J connectivity index is 2.58. The molecule has 1 amide bonds. The Morgan fingerprint density at radius 1 is 1.55 bits per heavy atom. The first-order chi connectivity index (χ1) is 5.11. The molecule has 11 heavy (non-hydrogen) atoms. The van der Waals surface area contributed by atoms with Crippen LogP contribution in [-0.4, -0.2) is 42.4 Å². The van der Waals surface area contributed by atoms with Gasteiger partial charge in [0.05, 0.1) is 0 Å². The first-order valence-corrected chi connectivity index (χ1v) is 3.75. The fourth-order valence-corrected chi connectivity index (χ4v) is 1.28. The average molecular weight is 154 g/mol. The van der Waals surface area contributed by atoms with E-state index in [4.69, 9.17) is 0 Å². The summed E-state index contributed by atoms with van der Waals surface area (Å²) in [7, 11) is 2.03. The SMILES string of the molecule is C=C1CN(C)CCN1C(C)=O. The van der Waals surface area contributed by atoms with Crippen LogP contribution in [0.4, 0.5) is 0 Å². The number of hydrogen-bond donors (Lipinski definition) is 0. The number of piperazine rings is 1. The summed E-state index contributed by atoms with van der Waals surface area (Å²) in [6.45, 7) is 7.94. The van der Waals surface area contributed by atoms with E-state index in [2.05, 4.69) is 11.5 Å². The summed E-state index contributed by atoms with van der Waals surface area (Å²) in [5.41, 5.74) is 0.909. The van der Waals surface area contributed by atoms with Gasteiger partial charge in [-0.05, 0) is 7.05 Å². The van der Waals surface area contributed by atoms with Gasteiger partial charge in [0.15, 0.2) is 0 Å². The number of carbonyl (C=O) groups is 1. The molecule has 1 saturated heterocycles. The summed E-state index contributed by atoms with van der Waals surface area (Å²) in [5.74, 6) is 0.100. The van der Waals surface area contributed by atoms with Crippen molar-refractivity contribution in [1.29, 1.82) is 0 Å². The fourth-order valence-electron chi connectivity index (χ4n) is 1.28. The van der Waals surface area contributed by atoms with Crippen molar-refractivity contribution in [3.8, 4) is 0 Å². The second-order valence-electron chi connectivity index (χ2n) is 2.97. The van der Waals surface area contributed by atoms with Crippen molar-refractivity contribution < 1.29 is 4.79 Å². The lowest BCUT2D eigenvalue weighted by Gasteiger charge is -2.33. The monoisotopic (exact) mass is 154 g/mol. The molecule has 1 aliphatic rings. The van der Waals surface area contributed by atoms with Gasteiger partial charge in [-0.3, -0.25) is 9.69 Å². The maximum Gasteiger partial charge on any atom is 0.223 e. The normalized spacial score (nSPS) is 20.5. The Morgan fingerprint density at radius 2 is 2.18 bits per heavy atom. The van der Waals surface area contributed by atoms with Crippen LogP contribution in [0.25, 0.3) is 0 Å². The van der Waals surface area contributed by atoms with Gasteiger partial charge in [0.25, 0.3) is 0 Å². The number of carbonyl (C=O) groups excluding carboxylic acids is 1. The van der Waals surface area contributed by atoms with E-state index in [9.17, 15) is 4.79 Å². The predicted octanol–water partition coefficient (Wildman–Crippen LogP) is 0.294. The molecule has 1 fully saturated rings. The predicted molar refractivity (Wildman–Crippen MR) is 44.0 cm³/mol. The van der Waals surface area contributed by atoms with E-state index >= 15 is 0 Å². The molecule has 0 aromatic carbocycles. The summed E-state index contributed by atoms with van der Waals surface area (Å²) in [4.78, 5) is 14.9. The topological polar surface area (TPSA) is 23.6 Å². The summed E-state index contributed by atoms with van der Waals surface area (Å²) in [6.07, 6.45) is 0. The molecule has 0 atom stereocenters. The van der Waals surface area contributed by atoms with Gasteiger partial charge in [-0.2, -0.15) is 0 Å². The minimum atomic E-state index is 0.100. The zero-order valence-corrected chi connectivity index (χ0v) is 7.13. The van der Waals surface area contributed by atoms with Gasteiger partial charge in [-0.15, -0.1) is 0 Å². The maximum absolute atomic E-state index is 11.0. The van der Waals surface area contributed by atoms with Crippen molar-refractivity contribution in [2.45, 2.75) is 6.92 Å². The molecule has 1 aliphatic heterocycles. The van der Waals surface area contributed by atoms with Crippen LogP contribution in [0.15, 0.2) is 12.3 Å². The lowest BCUT2D eigenvalue weighted by atomic mass is 10.3. The molecular formula is C8H14N2O. The molecule has 0 unspecified atom stereocenters. The number of nitrogens with zero attached hydrogens (tertiary/aromatic N) is 2. The van der Waals surface area contributed by atoms with Gasteiger partial charge in [-0.25, -0.2) is 0 Å². The van der Waals surface area contributed by atoms with E-state index in [1.165, 1.54) is 0 Å². The molecule has 1 heterocycles. The average Bonchev–Trinajstić information content (AvgIpc) is 1.85. The number of hydrogen-bond acceptors (Lipinski definition) is 2. The highest BCUT2D eigenvalue weighted by Gasteiger charge is 2.18. The van der Waals surface area contributed by atoms with Crippen LogP contribution in [0.5, 0.6) is 0 Å². The minimum absolute atomic E-state index is 0.100. The second-order valence-corrected chi connectivity index (χ2v) is 2.97. The van der Waals surface area contributed by atoms with Crippen LogP contribution >= 0.6 is 0 Å². The van der Waals surface area contributed by atoms with E-state index in [1.54, 1.807) is 11.8 Å². The molecule has 62 valence electrons. The van der Waals surface area contributed by atoms with Crippen LogP contribution < -0.4 is 0 Å². The summed E-state index contributed by atoms with van der Waals surface area (Å²) >= 11 is 0. The number of rotatable bonds is 0. The fraction of sp³-hybridized carbons (Fsp3) is 0.625. The quantitative estimate of drug-likeness (QED) is 0.501. The molecule has 0 radical (unpaired) electrons. The number of likely N-dealkylation sites (N-methyl/N-ethyl adjacent to an activating group) is 1. The van der Waals surface area contributed by atoms with E-state index in [0.29, 0.717) is 0 Å². The van der Waals surface area contributed by atoms with Crippen molar-refractivity contribution in [2.24, 2.45) is 0 Å². The highest BCUT2D eigenvalue weighted by Crippen LogP contribution is 2.09. The van der Waals surface area contributed by atoms with E-state index in [-0.39, 0.29) is 5.91 Å². The first-order valence-electron chi connectivity index (χ1n) is 3.75. The van der Waals surface area contributed by atoms with E-state index in [0.717, 1.165) is 25.3 Å². The molecule has 0 aromatic heterocycles. The number of amides is 1. The highest BCUT2D eigenvalue weighted by molar-refractivity contribution is 5.75. The van der Waals surface area contributed by atoms with Gasteiger partial charge in [-0.1, -0.05) is 6.58 Å². The first kappa shape index (κ1) is 8.27. The molecule has 0 spiro atoms. The van der Waals surface area contributed by atoms with Crippen molar-refractivity contribution in [3.63, 3.8) is 0 Å². The van der Waals surface area contributed by atoms with Crippen molar-refractivity contribution >= 4 is 5.91 Å². The lowest BCUT2D eigenvalue weighted by molar-refractivity contribution is -0.128. The van der Waals surface area contributed by atoms with Crippen LogP contribution in [-0.2, 0) is 4.79 Å². The molecule has 0 aromatic rings. The standard InChI is InChI=1S/C8H14N2O/c1-7-6-9(3)4-5-10(7)8(2)11/h1,4-6H2,2-3H3. The van der Waals surface area contributed by atoms with Crippen molar-refractivity contribution in [1.82, 2.24) is 9.80 Å². The molecule has 0 N–H and O–H groups in total. The Morgan fingerprint density at radius 3 is 2.64 bits per heavy atom. The molecule has 1 rings (SSSR count). The van der Waals surface area contributed by atoms with E-state index in [1.807, 2.05) is 7.05 Å². The molecule has 0 saturated carbocycles. The smallest absolute Gasteiger partial charge is 0.223 e. The second kappa shape index (κ2) is 3.05. The van der Waals surface area contributed by atoms with Gasteiger partial charge in [0, 0.05) is 32.3 Å². The third kappa shape index (κ3) is 1.80. The highest BCUT2D eigenvalue weighted by atomic mass is 16.2. The van der Waals surface area contributed by atoms with Gasteiger partial charge in [0.2, 0.25) is 5.91 Å². The van der Waals surface area contributed by atoms with Gasteiger partial charge >= 0.3 is 0 Å². The largest absolute Gasteiger partial charge is 0.314 e. The molecule has 3 nitrogen and oxygen atoms in total. The molecule has 0 bridgehead atoms. The Hall–Kier alpha value is -0.830. The Labute approximate surface area is 67.3 Å². The van der Waals surface area contributed by atoms with Crippen molar-refractivity contribution in [3.05, 3.63) is 12.3 Å². The van der Waals surface area contributed by atoms with Gasteiger partial charge < -0.3 is 4.90 Å². The third-order valence-corrected chi connectivity index (χ3v) is 1.92. The van der Waals surface area contributed by atoms with Crippen LogP contribution in [0.2, 0.25) is 0 Å².